The maximum Gasteiger partial charge on any atom is 0.187 e. The van der Waals surface area contributed by atoms with Gasteiger partial charge in [-0.15, -0.1) is 0 Å². The molecule has 3 heterocycles. The summed E-state index contributed by atoms with van der Waals surface area (Å²) in [4.78, 5) is 29.1. The Kier molecular flexibility index (Phi) is 9.73. The average Bonchev–Trinajstić information content (AvgIpc) is 3.53. The van der Waals surface area contributed by atoms with Crippen LogP contribution in [-0.2, 0) is 19.1 Å². The number of quaternary nitrogens is 1. The Labute approximate surface area is 284 Å². The number of aliphatic hydroxyl groups is 5. The lowest BCUT2D eigenvalue weighted by molar-refractivity contribution is -0.705. The van der Waals surface area contributed by atoms with Gasteiger partial charge >= 0.3 is 0 Å². The molecule has 6 bridgehead atoms. The molecule has 0 aromatic heterocycles. The highest BCUT2D eigenvalue weighted by Gasteiger charge is 2.65. The van der Waals surface area contributed by atoms with E-state index in [1.807, 2.05) is 13.0 Å². The molecule has 3 saturated carbocycles. The van der Waals surface area contributed by atoms with E-state index >= 15 is 0 Å². The lowest BCUT2D eigenvalue weighted by atomic mass is 9.53. The van der Waals surface area contributed by atoms with E-state index in [2.05, 4.69) is 10.6 Å². The van der Waals surface area contributed by atoms with E-state index in [-0.39, 0.29) is 47.0 Å². The lowest BCUT2D eigenvalue weighted by Crippen LogP contribution is -2.95. The maximum atomic E-state index is 14.8. The van der Waals surface area contributed by atoms with Gasteiger partial charge in [0.1, 0.15) is 47.0 Å². The normalized spacial score (nSPS) is 47.3. The van der Waals surface area contributed by atoms with Gasteiger partial charge in [0.05, 0.1) is 37.0 Å². The number of ether oxygens (including phenoxy) is 2. The van der Waals surface area contributed by atoms with Crippen LogP contribution in [-0.4, -0.2) is 104 Å². The van der Waals surface area contributed by atoms with Crippen molar-refractivity contribution in [2.45, 2.75) is 114 Å². The first-order valence-electron chi connectivity index (χ1n) is 17.5. The van der Waals surface area contributed by atoms with Crippen molar-refractivity contribution in [2.75, 3.05) is 24.8 Å². The highest BCUT2D eigenvalue weighted by Crippen LogP contribution is 2.57. The van der Waals surface area contributed by atoms with Gasteiger partial charge in [-0.1, -0.05) is 52.5 Å². The lowest BCUT2D eigenvalue weighted by Gasteiger charge is -2.54. The molecule has 47 heavy (non-hydrogen) atoms. The fourth-order valence-corrected chi connectivity index (χ4v) is 12.8. The zero-order valence-corrected chi connectivity index (χ0v) is 28.7. The third kappa shape index (κ3) is 5.68. The minimum absolute atomic E-state index is 0.0867. The summed E-state index contributed by atoms with van der Waals surface area (Å²) in [5.41, 5.74) is -3.02. The Morgan fingerprint density at radius 3 is 2.62 bits per heavy atom. The smallest absolute Gasteiger partial charge is 0.187 e. The van der Waals surface area contributed by atoms with Crippen molar-refractivity contribution in [3.63, 3.8) is 0 Å². The van der Waals surface area contributed by atoms with Gasteiger partial charge < -0.3 is 40.3 Å². The highest BCUT2D eigenvalue weighted by atomic mass is 33.1. The van der Waals surface area contributed by atoms with Gasteiger partial charge in [0.25, 0.3) is 0 Å². The van der Waals surface area contributed by atoms with E-state index in [0.717, 1.165) is 50.6 Å². The Morgan fingerprint density at radius 2 is 1.85 bits per heavy atom. The fourth-order valence-electron chi connectivity index (χ4n) is 10.4. The summed E-state index contributed by atoms with van der Waals surface area (Å²) >= 11 is 0. The predicted molar refractivity (Wildman–Crippen MR) is 176 cm³/mol. The number of hydrogen-bond acceptors (Lipinski definition) is 12. The van der Waals surface area contributed by atoms with Gasteiger partial charge in [-0.25, -0.2) is 0 Å². The largest absolute Gasteiger partial charge is 0.511 e. The molecule has 4 aliphatic carbocycles. The average molecular weight is 696 g/mol. The van der Waals surface area contributed by atoms with Crippen molar-refractivity contribution in [3.8, 4) is 0 Å². The molecule has 6 fully saturated rings. The van der Waals surface area contributed by atoms with Crippen LogP contribution >= 0.6 is 21.6 Å². The molecule has 262 valence electrons. The molecule has 11 nitrogen and oxygen atoms in total. The molecule has 8 N–H and O–H groups in total. The van der Waals surface area contributed by atoms with Gasteiger partial charge in [-0.2, -0.15) is 0 Å². The number of carbonyl (C=O) groups is 2. The summed E-state index contributed by atoms with van der Waals surface area (Å²) in [6.07, 6.45) is 4.19. The topological polar surface area (TPSA) is 182 Å². The number of hydrogen-bond donors (Lipinski definition) is 7. The Hall–Kier alpha value is -1.00. The first-order chi connectivity index (χ1) is 22.5. The number of Topliss-reactive ketones (excluding diaryl/α,β-unsaturated/α-hetero) is 2. The fraction of sp³-hybridized carbons (Fsp3) is 0.824. The van der Waals surface area contributed by atoms with E-state index in [1.165, 1.54) is 10.8 Å². The van der Waals surface area contributed by atoms with Gasteiger partial charge in [0, 0.05) is 24.5 Å². The SMILES string of the molecule is CC1=CC2C(=O)C3CCCC4OC5OC(CO)C(O)C(O)(CC6(CCCC6)C6CC[NH2+]C(C6)NCSSCC2(C(=O)C43)C(O)=C1)C5O. The standard InChI is InChI=1S/C34H50N2O9S2/c1-18-11-21-27(39)20-5-4-6-22-26(20)29(41)33(21,24(38)12-18)16-46-47-17-36-25-13-19(7-10-35-25)32(8-2-3-9-32)15-34(43)28(40)23(14-37)45-31(44-22)30(34)42/h11-12,19-23,25-26,28,30-31,35-38,40,42-43H,2-10,13-17H2,1H3/p+1. The quantitative estimate of drug-likeness (QED) is 0.196. The highest BCUT2D eigenvalue weighted by molar-refractivity contribution is 8.76. The summed E-state index contributed by atoms with van der Waals surface area (Å²) in [6.45, 7) is 2.15. The molecule has 0 radical (unpaired) electrons. The van der Waals surface area contributed by atoms with Crippen molar-refractivity contribution in [2.24, 2.45) is 34.5 Å². The van der Waals surface area contributed by atoms with Crippen LogP contribution in [0, 0.1) is 34.5 Å². The van der Waals surface area contributed by atoms with Crippen molar-refractivity contribution in [1.82, 2.24) is 5.32 Å². The van der Waals surface area contributed by atoms with Crippen LogP contribution in [0.5, 0.6) is 0 Å². The number of nitrogens with one attached hydrogen (secondary N) is 1. The number of carbonyl (C=O) groups excluding carboxylic acids is 2. The number of ketones is 2. The second-order valence-corrected chi connectivity index (χ2v) is 17.8. The van der Waals surface area contributed by atoms with Crippen LogP contribution in [0.25, 0.3) is 0 Å². The van der Waals surface area contributed by atoms with Gasteiger partial charge in [0.2, 0.25) is 0 Å². The van der Waals surface area contributed by atoms with E-state index in [4.69, 9.17) is 9.47 Å². The second kappa shape index (κ2) is 13.3. The third-order valence-electron chi connectivity index (χ3n) is 12.8. The van der Waals surface area contributed by atoms with E-state index < -0.39 is 66.1 Å². The summed E-state index contributed by atoms with van der Waals surface area (Å²) in [5, 5.41) is 63.6. The third-order valence-corrected chi connectivity index (χ3v) is 15.1. The number of allylic oxidation sites excluding steroid dienone is 4. The Bertz CT molecular complexity index is 1290. The number of piperidine rings is 1. The van der Waals surface area contributed by atoms with Crippen LogP contribution in [0.4, 0.5) is 0 Å². The summed E-state index contributed by atoms with van der Waals surface area (Å²) in [7, 11) is 3.08. The van der Waals surface area contributed by atoms with Crippen molar-refractivity contribution in [1.29, 1.82) is 0 Å². The van der Waals surface area contributed by atoms with Crippen molar-refractivity contribution >= 4 is 33.2 Å². The van der Waals surface area contributed by atoms with E-state index in [9.17, 15) is 35.1 Å². The molecule has 2 spiro atoms. The maximum absolute atomic E-state index is 14.8. The zero-order valence-electron chi connectivity index (χ0n) is 27.1. The van der Waals surface area contributed by atoms with E-state index in [0.29, 0.717) is 25.1 Å². The molecule has 12 atom stereocenters. The zero-order chi connectivity index (χ0) is 33.1. The van der Waals surface area contributed by atoms with Crippen molar-refractivity contribution < 1.29 is 49.9 Å². The molecule has 3 saturated heterocycles. The molecular weight excluding hydrogens is 645 g/mol. The molecule has 13 heteroatoms. The van der Waals surface area contributed by atoms with Gasteiger partial charge in [0.15, 0.2) is 12.1 Å². The van der Waals surface area contributed by atoms with Gasteiger partial charge in [-0.05, 0) is 56.4 Å². The Balaban J connectivity index is 1.28. The molecule has 12 unspecified atom stereocenters. The summed E-state index contributed by atoms with van der Waals surface area (Å²) in [5.74, 6) is -1.61. The molecule has 0 amide bonds. The minimum atomic E-state index is -2.03. The molecule has 7 rings (SSSR count). The number of aliphatic hydroxyl groups excluding tert-OH is 4. The van der Waals surface area contributed by atoms with Gasteiger partial charge in [-0.3, -0.25) is 14.9 Å². The molecule has 3 aliphatic heterocycles. The monoisotopic (exact) mass is 695 g/mol. The number of rotatable bonds is 1. The second-order valence-electron chi connectivity index (χ2n) is 15.3. The van der Waals surface area contributed by atoms with Crippen LogP contribution in [0.1, 0.15) is 71.1 Å². The minimum Gasteiger partial charge on any atom is -0.511 e. The molecule has 0 aromatic carbocycles. The van der Waals surface area contributed by atoms with Crippen LogP contribution in [0.2, 0.25) is 0 Å². The van der Waals surface area contributed by atoms with Crippen LogP contribution < -0.4 is 10.6 Å². The number of fused-ring (bicyclic) bond motifs is 5. The van der Waals surface area contributed by atoms with Crippen LogP contribution in [0.3, 0.4) is 0 Å². The molecule has 7 aliphatic rings. The molecule has 0 aromatic rings. The Morgan fingerprint density at radius 1 is 1.06 bits per heavy atom. The first-order valence-corrected chi connectivity index (χ1v) is 20.0. The first kappa shape index (κ1) is 34.4. The number of nitrogens with two attached hydrogens (primary N) is 1. The molecular formula is C34H51N2O9S2+. The van der Waals surface area contributed by atoms with Crippen molar-refractivity contribution in [3.05, 3.63) is 23.5 Å². The summed E-state index contributed by atoms with van der Waals surface area (Å²) in [6, 6.07) is 0. The van der Waals surface area contributed by atoms with Crippen LogP contribution in [0.15, 0.2) is 23.5 Å². The van der Waals surface area contributed by atoms with E-state index in [1.54, 1.807) is 16.9 Å². The predicted octanol–water partition coefficient (Wildman–Crippen LogP) is 1.31. The summed E-state index contributed by atoms with van der Waals surface area (Å²) < 4.78 is 12.5.